The second-order valence-electron chi connectivity index (χ2n) is 6.84. The molecular formula is C18H30ClN3. The summed E-state index contributed by atoms with van der Waals surface area (Å²) in [5.41, 5.74) is 5.83. The highest BCUT2D eigenvalue weighted by Crippen LogP contribution is 2.20. The topological polar surface area (TPSA) is 18.5 Å². The quantitative estimate of drug-likeness (QED) is 0.922. The average molecular weight is 324 g/mol. The molecule has 0 bridgehead atoms. The number of piperazine rings is 1. The van der Waals surface area contributed by atoms with E-state index in [1.54, 1.807) is 0 Å². The number of nitrogens with one attached hydrogen (secondary N) is 1. The lowest BCUT2D eigenvalue weighted by Crippen LogP contribution is -2.50. The van der Waals surface area contributed by atoms with E-state index in [4.69, 9.17) is 0 Å². The Kier molecular flexibility index (Phi) is 6.27. The van der Waals surface area contributed by atoms with Gasteiger partial charge in [0.05, 0.1) is 0 Å². The van der Waals surface area contributed by atoms with Gasteiger partial charge in [0.25, 0.3) is 0 Å². The predicted molar refractivity (Wildman–Crippen MR) is 96.0 cm³/mol. The van der Waals surface area contributed by atoms with Crippen LogP contribution in [0.25, 0.3) is 0 Å². The number of hydrogen-bond donors (Lipinski definition) is 1. The molecule has 0 aromatic heterocycles. The Morgan fingerprint density at radius 1 is 1.05 bits per heavy atom. The van der Waals surface area contributed by atoms with Gasteiger partial charge in [-0.3, -0.25) is 9.80 Å². The van der Waals surface area contributed by atoms with Crippen LogP contribution in [0.4, 0.5) is 0 Å². The van der Waals surface area contributed by atoms with Gasteiger partial charge >= 0.3 is 0 Å². The summed E-state index contributed by atoms with van der Waals surface area (Å²) in [5, 5.41) is 3.49. The molecule has 2 saturated heterocycles. The standard InChI is InChI=1S/C18H29N3.ClH/c1-14-10-15(2)18(16(3)11-14)13-20-6-8-21(9-7-20)17-4-5-19-12-17;/h10-11,17,19H,4-9,12-13H2,1-3H3;1H. The maximum absolute atomic E-state index is 3.49. The van der Waals surface area contributed by atoms with Crippen LogP contribution in [0.2, 0.25) is 0 Å². The van der Waals surface area contributed by atoms with E-state index in [9.17, 15) is 0 Å². The Morgan fingerprint density at radius 3 is 2.23 bits per heavy atom. The fraction of sp³-hybridized carbons (Fsp3) is 0.667. The highest BCUT2D eigenvalue weighted by molar-refractivity contribution is 5.85. The van der Waals surface area contributed by atoms with Crippen LogP contribution in [0.5, 0.6) is 0 Å². The van der Waals surface area contributed by atoms with E-state index in [1.165, 1.54) is 67.9 Å². The van der Waals surface area contributed by atoms with Gasteiger partial charge < -0.3 is 5.32 Å². The van der Waals surface area contributed by atoms with Crippen LogP contribution in [0.3, 0.4) is 0 Å². The Morgan fingerprint density at radius 2 is 1.68 bits per heavy atom. The minimum Gasteiger partial charge on any atom is -0.315 e. The van der Waals surface area contributed by atoms with Crippen LogP contribution < -0.4 is 5.32 Å². The normalized spacial score (nSPS) is 23.5. The fourth-order valence-corrected chi connectivity index (χ4v) is 3.92. The number of rotatable bonds is 3. The van der Waals surface area contributed by atoms with Crippen molar-refractivity contribution >= 4 is 12.4 Å². The molecule has 0 amide bonds. The summed E-state index contributed by atoms with van der Waals surface area (Å²) in [4.78, 5) is 5.31. The first kappa shape index (κ1) is 17.7. The summed E-state index contributed by atoms with van der Waals surface area (Å²) in [6, 6.07) is 5.43. The van der Waals surface area contributed by atoms with Gasteiger partial charge in [0, 0.05) is 45.3 Å². The second-order valence-corrected chi connectivity index (χ2v) is 6.84. The maximum Gasteiger partial charge on any atom is 0.0240 e. The zero-order valence-electron chi connectivity index (χ0n) is 14.2. The molecule has 1 aromatic carbocycles. The first-order valence-corrected chi connectivity index (χ1v) is 8.37. The summed E-state index contributed by atoms with van der Waals surface area (Å²) in [7, 11) is 0. The molecule has 2 heterocycles. The third-order valence-electron chi connectivity index (χ3n) is 5.18. The van der Waals surface area contributed by atoms with Crippen LogP contribution in [0.15, 0.2) is 12.1 Å². The Hall–Kier alpha value is -0.610. The van der Waals surface area contributed by atoms with Crippen LogP contribution in [-0.4, -0.2) is 55.1 Å². The molecule has 0 aliphatic carbocycles. The van der Waals surface area contributed by atoms with Crippen molar-refractivity contribution in [3.63, 3.8) is 0 Å². The highest BCUT2D eigenvalue weighted by atomic mass is 35.5. The average Bonchev–Trinajstić information content (AvgIpc) is 2.97. The molecule has 22 heavy (non-hydrogen) atoms. The summed E-state index contributed by atoms with van der Waals surface area (Å²) in [5.74, 6) is 0. The molecule has 0 radical (unpaired) electrons. The van der Waals surface area contributed by atoms with Crippen molar-refractivity contribution in [2.45, 2.75) is 39.8 Å². The summed E-state index contributed by atoms with van der Waals surface area (Å²) >= 11 is 0. The van der Waals surface area contributed by atoms with Crippen molar-refractivity contribution in [2.75, 3.05) is 39.3 Å². The molecule has 1 aromatic rings. The van der Waals surface area contributed by atoms with E-state index < -0.39 is 0 Å². The Bertz CT molecular complexity index is 466. The molecule has 3 nitrogen and oxygen atoms in total. The zero-order valence-corrected chi connectivity index (χ0v) is 15.0. The van der Waals surface area contributed by atoms with E-state index in [2.05, 4.69) is 48.0 Å². The molecule has 124 valence electrons. The molecule has 4 heteroatoms. The molecule has 3 rings (SSSR count). The van der Waals surface area contributed by atoms with Gasteiger partial charge in [-0.15, -0.1) is 12.4 Å². The highest BCUT2D eigenvalue weighted by Gasteiger charge is 2.26. The lowest BCUT2D eigenvalue weighted by atomic mass is 9.99. The smallest absolute Gasteiger partial charge is 0.0240 e. The first-order chi connectivity index (χ1) is 10.1. The van der Waals surface area contributed by atoms with E-state index in [0.29, 0.717) is 0 Å². The third-order valence-corrected chi connectivity index (χ3v) is 5.18. The number of aryl methyl sites for hydroxylation is 3. The van der Waals surface area contributed by atoms with Crippen LogP contribution >= 0.6 is 12.4 Å². The van der Waals surface area contributed by atoms with Crippen molar-refractivity contribution in [1.29, 1.82) is 0 Å². The van der Waals surface area contributed by atoms with E-state index >= 15 is 0 Å². The van der Waals surface area contributed by atoms with Crippen LogP contribution in [0.1, 0.15) is 28.7 Å². The molecule has 1 atom stereocenters. The molecule has 0 saturated carbocycles. The SMILES string of the molecule is Cc1cc(C)c(CN2CCN(C3CCNC3)CC2)c(C)c1.Cl. The van der Waals surface area contributed by atoms with Crippen molar-refractivity contribution in [3.8, 4) is 0 Å². The van der Waals surface area contributed by atoms with Gasteiger partial charge in [0.2, 0.25) is 0 Å². The molecule has 2 fully saturated rings. The number of benzene rings is 1. The molecule has 1 unspecified atom stereocenters. The largest absolute Gasteiger partial charge is 0.315 e. The van der Waals surface area contributed by atoms with Crippen molar-refractivity contribution in [2.24, 2.45) is 0 Å². The van der Waals surface area contributed by atoms with Gasteiger partial charge in [-0.1, -0.05) is 17.7 Å². The van der Waals surface area contributed by atoms with Gasteiger partial charge in [-0.2, -0.15) is 0 Å². The predicted octanol–water partition coefficient (Wildman–Crippen LogP) is 2.51. The minimum atomic E-state index is 0. The molecule has 2 aliphatic heterocycles. The van der Waals surface area contributed by atoms with Gasteiger partial charge in [-0.25, -0.2) is 0 Å². The minimum absolute atomic E-state index is 0. The first-order valence-electron chi connectivity index (χ1n) is 8.37. The molecule has 1 N–H and O–H groups in total. The van der Waals surface area contributed by atoms with E-state index in [0.717, 1.165) is 12.6 Å². The maximum atomic E-state index is 3.49. The van der Waals surface area contributed by atoms with Crippen LogP contribution in [0, 0.1) is 20.8 Å². The van der Waals surface area contributed by atoms with Gasteiger partial charge in [-0.05, 0) is 50.4 Å². The van der Waals surface area contributed by atoms with Gasteiger partial charge in [0.1, 0.15) is 0 Å². The monoisotopic (exact) mass is 323 g/mol. The summed E-state index contributed by atoms with van der Waals surface area (Å²) in [6.45, 7) is 15.1. The fourth-order valence-electron chi connectivity index (χ4n) is 3.92. The second kappa shape index (κ2) is 7.78. The van der Waals surface area contributed by atoms with E-state index in [1.807, 2.05) is 0 Å². The van der Waals surface area contributed by atoms with Crippen molar-refractivity contribution < 1.29 is 0 Å². The number of hydrogen-bond acceptors (Lipinski definition) is 3. The summed E-state index contributed by atoms with van der Waals surface area (Å²) in [6.07, 6.45) is 1.33. The van der Waals surface area contributed by atoms with Crippen molar-refractivity contribution in [3.05, 3.63) is 34.4 Å². The zero-order chi connectivity index (χ0) is 14.8. The van der Waals surface area contributed by atoms with Crippen LogP contribution in [-0.2, 0) is 6.54 Å². The third kappa shape index (κ3) is 4.02. The lowest BCUT2D eigenvalue weighted by Gasteiger charge is -2.38. The number of halogens is 1. The van der Waals surface area contributed by atoms with E-state index in [-0.39, 0.29) is 12.4 Å². The van der Waals surface area contributed by atoms with Crippen molar-refractivity contribution in [1.82, 2.24) is 15.1 Å². The Balaban J connectivity index is 0.00000176. The number of nitrogens with zero attached hydrogens (tertiary/aromatic N) is 2. The van der Waals surface area contributed by atoms with Gasteiger partial charge in [0.15, 0.2) is 0 Å². The Labute approximate surface area is 141 Å². The molecule has 2 aliphatic rings. The molecule has 0 spiro atoms. The summed E-state index contributed by atoms with van der Waals surface area (Å²) < 4.78 is 0. The lowest BCUT2D eigenvalue weighted by molar-refractivity contribution is 0.0979. The molecular weight excluding hydrogens is 294 g/mol.